The highest BCUT2D eigenvalue weighted by Crippen LogP contribution is 2.29. The number of hydrogen-bond donors (Lipinski definition) is 1. The Morgan fingerprint density at radius 1 is 1.38 bits per heavy atom. The minimum absolute atomic E-state index is 0.389. The van der Waals surface area contributed by atoms with Gasteiger partial charge in [-0.3, -0.25) is 0 Å². The van der Waals surface area contributed by atoms with Gasteiger partial charge >= 0.3 is 0 Å². The second-order valence-electron chi connectivity index (χ2n) is 3.49. The molecule has 1 aromatic carbocycles. The summed E-state index contributed by atoms with van der Waals surface area (Å²) in [6.07, 6.45) is 0.917. The fourth-order valence-electron chi connectivity index (χ4n) is 1.64. The van der Waals surface area contributed by atoms with E-state index < -0.39 is 0 Å². The van der Waals surface area contributed by atoms with Gasteiger partial charge in [-0.1, -0.05) is 18.1 Å². The third-order valence-electron chi connectivity index (χ3n) is 2.49. The SMILES string of the molecule is CCc1ccc(OC)cc1-c1cc(N)no1. The van der Waals surface area contributed by atoms with Crippen LogP contribution in [0.15, 0.2) is 28.8 Å². The van der Waals surface area contributed by atoms with E-state index in [9.17, 15) is 0 Å². The average Bonchev–Trinajstić information content (AvgIpc) is 2.75. The minimum Gasteiger partial charge on any atom is -0.497 e. The van der Waals surface area contributed by atoms with Crippen molar-refractivity contribution in [2.75, 3.05) is 12.8 Å². The Hall–Kier alpha value is -1.97. The Labute approximate surface area is 94.0 Å². The lowest BCUT2D eigenvalue weighted by molar-refractivity contribution is 0.413. The van der Waals surface area contributed by atoms with Gasteiger partial charge in [-0.15, -0.1) is 0 Å². The predicted octanol–water partition coefficient (Wildman–Crippen LogP) is 2.49. The highest BCUT2D eigenvalue weighted by atomic mass is 16.5. The first kappa shape index (κ1) is 10.5. The highest BCUT2D eigenvalue weighted by molar-refractivity contribution is 5.66. The van der Waals surface area contributed by atoms with Crippen LogP contribution in [0.2, 0.25) is 0 Å². The molecule has 16 heavy (non-hydrogen) atoms. The van der Waals surface area contributed by atoms with Gasteiger partial charge in [0.1, 0.15) is 5.75 Å². The molecule has 84 valence electrons. The molecule has 0 spiro atoms. The van der Waals surface area contributed by atoms with Gasteiger partial charge in [0.05, 0.1) is 7.11 Å². The molecular formula is C12H14N2O2. The number of aromatic nitrogens is 1. The van der Waals surface area contributed by atoms with Gasteiger partial charge in [0, 0.05) is 11.6 Å². The molecule has 1 heterocycles. The molecule has 0 aliphatic carbocycles. The summed E-state index contributed by atoms with van der Waals surface area (Å²) >= 11 is 0. The predicted molar refractivity (Wildman–Crippen MR) is 62.3 cm³/mol. The number of nitrogens with two attached hydrogens (primary N) is 1. The number of ether oxygens (including phenoxy) is 1. The average molecular weight is 218 g/mol. The Balaban J connectivity index is 2.52. The molecule has 4 nitrogen and oxygen atoms in total. The molecule has 2 rings (SSSR count). The summed E-state index contributed by atoms with van der Waals surface area (Å²) in [7, 11) is 1.64. The quantitative estimate of drug-likeness (QED) is 0.859. The number of nitrogen functional groups attached to an aromatic ring is 1. The Kier molecular flexibility index (Phi) is 2.81. The Bertz CT molecular complexity index is 492. The highest BCUT2D eigenvalue weighted by Gasteiger charge is 2.10. The third-order valence-corrected chi connectivity index (χ3v) is 2.49. The number of anilines is 1. The van der Waals surface area contributed by atoms with Crippen molar-refractivity contribution in [2.24, 2.45) is 0 Å². The van der Waals surface area contributed by atoms with Crippen LogP contribution in [-0.4, -0.2) is 12.3 Å². The monoisotopic (exact) mass is 218 g/mol. The van der Waals surface area contributed by atoms with Crippen LogP contribution in [0, 0.1) is 0 Å². The summed E-state index contributed by atoms with van der Waals surface area (Å²) in [5.41, 5.74) is 7.70. The first-order valence-corrected chi connectivity index (χ1v) is 5.14. The van der Waals surface area contributed by atoms with Crippen LogP contribution < -0.4 is 10.5 Å². The van der Waals surface area contributed by atoms with Gasteiger partial charge in [-0.2, -0.15) is 0 Å². The van der Waals surface area contributed by atoms with E-state index in [1.54, 1.807) is 13.2 Å². The first-order valence-electron chi connectivity index (χ1n) is 5.14. The van der Waals surface area contributed by atoms with Crippen LogP contribution in [0.5, 0.6) is 5.75 Å². The van der Waals surface area contributed by atoms with E-state index in [2.05, 4.69) is 12.1 Å². The molecule has 2 N–H and O–H groups in total. The van der Waals surface area contributed by atoms with Crippen molar-refractivity contribution in [3.63, 3.8) is 0 Å². The maximum Gasteiger partial charge on any atom is 0.169 e. The van der Waals surface area contributed by atoms with Crippen molar-refractivity contribution < 1.29 is 9.26 Å². The smallest absolute Gasteiger partial charge is 0.169 e. The molecule has 4 heteroatoms. The van der Waals surface area contributed by atoms with Crippen LogP contribution in [0.3, 0.4) is 0 Å². The lowest BCUT2D eigenvalue weighted by Crippen LogP contribution is -1.89. The van der Waals surface area contributed by atoms with E-state index in [0.29, 0.717) is 11.6 Å². The van der Waals surface area contributed by atoms with Gasteiger partial charge in [-0.05, 0) is 24.1 Å². The molecule has 0 saturated heterocycles. The number of methoxy groups -OCH3 is 1. The molecule has 0 bridgehead atoms. The largest absolute Gasteiger partial charge is 0.497 e. The van der Waals surface area contributed by atoms with E-state index in [0.717, 1.165) is 17.7 Å². The normalized spacial score (nSPS) is 10.4. The molecule has 0 amide bonds. The lowest BCUT2D eigenvalue weighted by atomic mass is 10.0. The number of nitrogens with zero attached hydrogens (tertiary/aromatic N) is 1. The Morgan fingerprint density at radius 3 is 2.75 bits per heavy atom. The fraction of sp³-hybridized carbons (Fsp3) is 0.250. The summed E-state index contributed by atoms with van der Waals surface area (Å²) in [5, 5.41) is 3.69. The van der Waals surface area contributed by atoms with Gasteiger partial charge in [0.15, 0.2) is 11.6 Å². The summed E-state index contributed by atoms with van der Waals surface area (Å²) in [6, 6.07) is 7.60. The zero-order valence-electron chi connectivity index (χ0n) is 9.36. The molecule has 1 aromatic heterocycles. The third kappa shape index (κ3) is 1.86. The zero-order chi connectivity index (χ0) is 11.5. The second kappa shape index (κ2) is 4.26. The van der Waals surface area contributed by atoms with Crippen molar-refractivity contribution in [3.05, 3.63) is 29.8 Å². The summed E-state index contributed by atoms with van der Waals surface area (Å²) in [5.74, 6) is 1.86. The van der Waals surface area contributed by atoms with E-state index in [4.69, 9.17) is 15.0 Å². The van der Waals surface area contributed by atoms with Crippen molar-refractivity contribution in [3.8, 4) is 17.1 Å². The van der Waals surface area contributed by atoms with E-state index in [-0.39, 0.29) is 0 Å². The number of aryl methyl sites for hydroxylation is 1. The molecule has 0 atom stereocenters. The maximum atomic E-state index is 5.54. The summed E-state index contributed by atoms with van der Waals surface area (Å²) < 4.78 is 10.4. The van der Waals surface area contributed by atoms with Crippen LogP contribution in [0.4, 0.5) is 5.82 Å². The molecule has 0 radical (unpaired) electrons. The molecule has 2 aromatic rings. The second-order valence-corrected chi connectivity index (χ2v) is 3.49. The van der Waals surface area contributed by atoms with Crippen molar-refractivity contribution >= 4 is 5.82 Å². The zero-order valence-corrected chi connectivity index (χ0v) is 9.36. The number of rotatable bonds is 3. The van der Waals surface area contributed by atoms with Crippen molar-refractivity contribution in [1.82, 2.24) is 5.16 Å². The minimum atomic E-state index is 0.389. The van der Waals surface area contributed by atoms with E-state index in [1.807, 2.05) is 18.2 Å². The summed E-state index contributed by atoms with van der Waals surface area (Å²) in [6.45, 7) is 2.09. The molecule has 0 aliphatic rings. The van der Waals surface area contributed by atoms with Gasteiger partial charge in [0.2, 0.25) is 0 Å². The standard InChI is InChI=1S/C12H14N2O2/c1-3-8-4-5-9(15-2)6-10(8)11-7-12(13)14-16-11/h4-7H,3H2,1-2H3,(H2,13,14). The van der Waals surface area contributed by atoms with Gasteiger partial charge in [-0.25, -0.2) is 0 Å². The number of benzene rings is 1. The molecular weight excluding hydrogens is 204 g/mol. The van der Waals surface area contributed by atoms with E-state index >= 15 is 0 Å². The van der Waals surface area contributed by atoms with E-state index in [1.165, 1.54) is 5.56 Å². The summed E-state index contributed by atoms with van der Waals surface area (Å²) in [4.78, 5) is 0. The topological polar surface area (TPSA) is 61.3 Å². The van der Waals surface area contributed by atoms with Crippen LogP contribution in [0.25, 0.3) is 11.3 Å². The van der Waals surface area contributed by atoms with Crippen molar-refractivity contribution in [1.29, 1.82) is 0 Å². The lowest BCUT2D eigenvalue weighted by Gasteiger charge is -2.06. The van der Waals surface area contributed by atoms with Crippen molar-refractivity contribution in [2.45, 2.75) is 13.3 Å². The molecule has 0 saturated carbocycles. The van der Waals surface area contributed by atoms with Crippen LogP contribution in [-0.2, 0) is 6.42 Å². The maximum absolute atomic E-state index is 5.54. The molecule has 0 unspecified atom stereocenters. The first-order chi connectivity index (χ1) is 7.74. The fourth-order valence-corrected chi connectivity index (χ4v) is 1.64. The molecule has 0 fully saturated rings. The molecule has 0 aliphatic heterocycles. The van der Waals surface area contributed by atoms with Gasteiger partial charge < -0.3 is 15.0 Å². The Morgan fingerprint density at radius 2 is 2.19 bits per heavy atom. The van der Waals surface area contributed by atoms with Crippen LogP contribution in [0.1, 0.15) is 12.5 Å². The number of hydrogen-bond acceptors (Lipinski definition) is 4. The van der Waals surface area contributed by atoms with Gasteiger partial charge in [0.25, 0.3) is 0 Å². The van der Waals surface area contributed by atoms with Crippen LogP contribution >= 0.6 is 0 Å².